The third-order valence-electron chi connectivity index (χ3n) is 4.18. The fourth-order valence-corrected chi connectivity index (χ4v) is 3.17. The van der Waals surface area contributed by atoms with E-state index in [-0.39, 0.29) is 5.56 Å². The predicted molar refractivity (Wildman–Crippen MR) is 110 cm³/mol. The lowest BCUT2D eigenvalue weighted by Crippen LogP contribution is -2.23. The minimum atomic E-state index is -0.0974. The summed E-state index contributed by atoms with van der Waals surface area (Å²) in [6.45, 7) is 9.23. The van der Waals surface area contributed by atoms with Crippen molar-refractivity contribution in [3.63, 3.8) is 0 Å². The standard InChI is InChI=1S/C19H23ClN6O/c1-5-25-18(27)14-8-6-7-9-16(14)22-19(25)23-21-10-15-13(4)24-26(17(15)20)11-12(2)3/h6-10,12H,5,11H2,1-4H3,(H,22,23)/b21-10-. The zero-order valence-electron chi connectivity index (χ0n) is 15.9. The number of nitrogens with one attached hydrogen (secondary N) is 1. The zero-order chi connectivity index (χ0) is 19.6. The Labute approximate surface area is 162 Å². The minimum absolute atomic E-state index is 0.0974. The van der Waals surface area contributed by atoms with Crippen LogP contribution in [0.15, 0.2) is 34.2 Å². The predicted octanol–water partition coefficient (Wildman–Crippen LogP) is 3.68. The number of nitrogens with zero attached hydrogens (tertiary/aromatic N) is 5. The number of halogens is 1. The second-order valence-electron chi connectivity index (χ2n) is 6.74. The van der Waals surface area contributed by atoms with Crippen LogP contribution in [0.4, 0.5) is 5.95 Å². The lowest BCUT2D eigenvalue weighted by atomic mass is 10.2. The van der Waals surface area contributed by atoms with Gasteiger partial charge in [0.05, 0.1) is 28.4 Å². The van der Waals surface area contributed by atoms with E-state index in [0.717, 1.165) is 17.8 Å². The third-order valence-corrected chi connectivity index (χ3v) is 4.58. The largest absolute Gasteiger partial charge is 0.277 e. The summed E-state index contributed by atoms with van der Waals surface area (Å²) >= 11 is 6.43. The first kappa shape index (κ1) is 19.1. The number of benzene rings is 1. The van der Waals surface area contributed by atoms with Crippen molar-refractivity contribution in [3.05, 3.63) is 51.0 Å². The van der Waals surface area contributed by atoms with E-state index in [2.05, 4.69) is 34.5 Å². The third kappa shape index (κ3) is 3.88. The normalized spacial score (nSPS) is 11.8. The molecule has 0 aliphatic heterocycles. The molecule has 8 heteroatoms. The molecule has 0 radical (unpaired) electrons. The molecule has 0 bridgehead atoms. The summed E-state index contributed by atoms with van der Waals surface area (Å²) in [4.78, 5) is 17.1. The number of fused-ring (bicyclic) bond motifs is 1. The van der Waals surface area contributed by atoms with Gasteiger partial charge in [-0.25, -0.2) is 10.4 Å². The summed E-state index contributed by atoms with van der Waals surface area (Å²) in [6, 6.07) is 7.26. The molecule has 27 heavy (non-hydrogen) atoms. The van der Waals surface area contributed by atoms with E-state index in [1.165, 1.54) is 0 Å². The number of aryl methyl sites for hydroxylation is 1. The van der Waals surface area contributed by atoms with Crippen LogP contribution in [0.5, 0.6) is 0 Å². The molecule has 142 valence electrons. The highest BCUT2D eigenvalue weighted by molar-refractivity contribution is 6.32. The van der Waals surface area contributed by atoms with Gasteiger partial charge in [0.2, 0.25) is 5.95 Å². The number of hydrogen-bond acceptors (Lipinski definition) is 5. The Morgan fingerprint density at radius 2 is 2.07 bits per heavy atom. The quantitative estimate of drug-likeness (QED) is 0.518. The molecule has 0 aliphatic rings. The molecule has 3 rings (SSSR count). The Morgan fingerprint density at radius 1 is 1.33 bits per heavy atom. The summed E-state index contributed by atoms with van der Waals surface area (Å²) in [5, 5.41) is 9.84. The fraction of sp³-hybridized carbons (Fsp3) is 0.368. The molecule has 0 atom stereocenters. The van der Waals surface area contributed by atoms with Crippen molar-refractivity contribution in [3.8, 4) is 0 Å². The maximum atomic E-state index is 12.6. The van der Waals surface area contributed by atoms with Crippen LogP contribution >= 0.6 is 11.6 Å². The SMILES string of the molecule is CCn1c(N/N=C\c2c(C)nn(CC(C)C)c2Cl)nc2ccccc2c1=O. The average molecular weight is 387 g/mol. The number of anilines is 1. The van der Waals surface area contributed by atoms with Crippen molar-refractivity contribution in [2.24, 2.45) is 11.0 Å². The van der Waals surface area contributed by atoms with E-state index in [1.807, 2.05) is 32.0 Å². The van der Waals surface area contributed by atoms with Gasteiger partial charge in [0.1, 0.15) is 5.15 Å². The Kier molecular flexibility index (Phi) is 5.60. The van der Waals surface area contributed by atoms with Crippen LogP contribution in [-0.2, 0) is 13.1 Å². The van der Waals surface area contributed by atoms with E-state index in [4.69, 9.17) is 11.6 Å². The Bertz CT molecular complexity index is 1050. The molecule has 0 spiro atoms. The van der Waals surface area contributed by atoms with Crippen LogP contribution in [0.25, 0.3) is 10.9 Å². The van der Waals surface area contributed by atoms with Crippen LogP contribution in [-0.4, -0.2) is 25.5 Å². The molecule has 0 saturated carbocycles. The Hall–Kier alpha value is -2.67. The summed E-state index contributed by atoms with van der Waals surface area (Å²) in [5.74, 6) is 0.825. The monoisotopic (exact) mass is 386 g/mol. The van der Waals surface area contributed by atoms with Gasteiger partial charge in [-0.3, -0.25) is 14.0 Å². The second kappa shape index (κ2) is 7.92. The molecule has 2 aromatic heterocycles. The van der Waals surface area contributed by atoms with Crippen LogP contribution in [0.2, 0.25) is 5.15 Å². The lowest BCUT2D eigenvalue weighted by molar-refractivity contribution is 0.482. The van der Waals surface area contributed by atoms with E-state index in [0.29, 0.717) is 34.5 Å². The highest BCUT2D eigenvalue weighted by Crippen LogP contribution is 2.19. The van der Waals surface area contributed by atoms with Crippen molar-refractivity contribution < 1.29 is 0 Å². The van der Waals surface area contributed by atoms with Crippen molar-refractivity contribution >= 4 is 34.7 Å². The molecule has 0 unspecified atom stereocenters. The lowest BCUT2D eigenvalue weighted by Gasteiger charge is -2.10. The van der Waals surface area contributed by atoms with Crippen molar-refractivity contribution in [2.75, 3.05) is 5.43 Å². The molecule has 0 saturated heterocycles. The Balaban J connectivity index is 1.91. The summed E-state index contributed by atoms with van der Waals surface area (Å²) < 4.78 is 3.33. The van der Waals surface area contributed by atoms with Gasteiger partial charge in [-0.15, -0.1) is 0 Å². The van der Waals surface area contributed by atoms with Crippen LogP contribution in [0.3, 0.4) is 0 Å². The summed E-state index contributed by atoms with van der Waals surface area (Å²) in [5.41, 5.74) is 4.95. The van der Waals surface area contributed by atoms with Gasteiger partial charge in [0.25, 0.3) is 5.56 Å². The molecule has 0 fully saturated rings. The smallest absolute Gasteiger partial charge is 0.262 e. The molecular weight excluding hydrogens is 364 g/mol. The highest BCUT2D eigenvalue weighted by atomic mass is 35.5. The number of hydrazone groups is 1. The Morgan fingerprint density at radius 3 is 2.78 bits per heavy atom. The van der Waals surface area contributed by atoms with E-state index in [9.17, 15) is 4.79 Å². The molecule has 1 N–H and O–H groups in total. The average Bonchev–Trinajstić information content (AvgIpc) is 2.89. The van der Waals surface area contributed by atoms with Crippen molar-refractivity contribution in [1.29, 1.82) is 0 Å². The number of aromatic nitrogens is 4. The summed E-state index contributed by atoms with van der Waals surface area (Å²) in [6.07, 6.45) is 1.61. The first-order valence-electron chi connectivity index (χ1n) is 8.94. The van der Waals surface area contributed by atoms with Gasteiger partial charge in [0, 0.05) is 13.1 Å². The second-order valence-corrected chi connectivity index (χ2v) is 7.10. The van der Waals surface area contributed by atoms with Crippen LogP contribution in [0.1, 0.15) is 32.0 Å². The fourth-order valence-electron chi connectivity index (χ4n) is 2.88. The topological polar surface area (TPSA) is 77.1 Å². The zero-order valence-corrected chi connectivity index (χ0v) is 16.7. The summed E-state index contributed by atoms with van der Waals surface area (Å²) in [7, 11) is 0. The molecule has 3 aromatic rings. The molecule has 7 nitrogen and oxygen atoms in total. The first-order chi connectivity index (χ1) is 12.9. The maximum absolute atomic E-state index is 12.6. The first-order valence-corrected chi connectivity index (χ1v) is 9.31. The van der Waals surface area contributed by atoms with Crippen molar-refractivity contribution in [1.82, 2.24) is 19.3 Å². The van der Waals surface area contributed by atoms with Gasteiger partial charge in [-0.2, -0.15) is 10.2 Å². The number of hydrogen-bond donors (Lipinski definition) is 1. The van der Waals surface area contributed by atoms with Gasteiger partial charge in [-0.05, 0) is 31.9 Å². The molecule has 0 amide bonds. The number of para-hydroxylation sites is 1. The van der Waals surface area contributed by atoms with Gasteiger partial charge < -0.3 is 0 Å². The van der Waals surface area contributed by atoms with Gasteiger partial charge >= 0.3 is 0 Å². The van der Waals surface area contributed by atoms with E-state index >= 15 is 0 Å². The van der Waals surface area contributed by atoms with E-state index in [1.54, 1.807) is 21.5 Å². The van der Waals surface area contributed by atoms with Gasteiger partial charge in [0.15, 0.2) is 0 Å². The molecule has 1 aromatic carbocycles. The van der Waals surface area contributed by atoms with E-state index < -0.39 is 0 Å². The minimum Gasteiger partial charge on any atom is -0.277 e. The van der Waals surface area contributed by atoms with Crippen LogP contribution < -0.4 is 11.0 Å². The number of rotatable bonds is 6. The molecule has 2 heterocycles. The van der Waals surface area contributed by atoms with Crippen molar-refractivity contribution in [2.45, 2.75) is 40.8 Å². The maximum Gasteiger partial charge on any atom is 0.262 e. The van der Waals surface area contributed by atoms with Crippen LogP contribution in [0, 0.1) is 12.8 Å². The highest BCUT2D eigenvalue weighted by Gasteiger charge is 2.13. The van der Waals surface area contributed by atoms with Gasteiger partial charge in [-0.1, -0.05) is 37.6 Å². The molecule has 0 aliphatic carbocycles. The molecular formula is C19H23ClN6O.